The molecule has 6 heteroatoms. The molecule has 1 heterocycles. The van der Waals surface area contributed by atoms with Crippen molar-refractivity contribution >= 4 is 14.4 Å². The van der Waals surface area contributed by atoms with Crippen molar-refractivity contribution in [2.75, 3.05) is 19.7 Å². The van der Waals surface area contributed by atoms with Crippen LogP contribution in [0.25, 0.3) is 0 Å². The molecule has 0 radical (unpaired) electrons. The van der Waals surface area contributed by atoms with Gasteiger partial charge in [0.15, 0.2) is 8.32 Å². The standard InChI is InChI=1S/C23H40N2O3Si/c1-21(2,3)28-20(26)25(16-19-12-10-9-11-13-19)23(14-15-24-17-23)18-27-29(7,8)22(4,5)6/h9-13,24H,14-18H2,1-8H3. The molecule has 29 heavy (non-hydrogen) atoms. The Kier molecular flexibility index (Phi) is 7.24. The third-order valence-electron chi connectivity index (χ3n) is 6.10. The third kappa shape index (κ3) is 6.30. The van der Waals surface area contributed by atoms with E-state index in [4.69, 9.17) is 9.16 Å². The zero-order valence-electron chi connectivity index (χ0n) is 19.6. The van der Waals surface area contributed by atoms with E-state index in [1.54, 1.807) is 0 Å². The van der Waals surface area contributed by atoms with Crippen LogP contribution in [0.5, 0.6) is 0 Å². The van der Waals surface area contributed by atoms with Gasteiger partial charge in [0.25, 0.3) is 0 Å². The second-order valence-electron chi connectivity index (χ2n) is 10.8. The molecule has 1 aromatic carbocycles. The summed E-state index contributed by atoms with van der Waals surface area (Å²) in [6, 6.07) is 10.1. The molecule has 5 nitrogen and oxygen atoms in total. The van der Waals surface area contributed by atoms with Gasteiger partial charge in [-0.3, -0.25) is 4.90 Å². The number of nitrogens with one attached hydrogen (secondary N) is 1. The smallest absolute Gasteiger partial charge is 0.411 e. The minimum absolute atomic E-state index is 0.121. The van der Waals surface area contributed by atoms with E-state index in [2.05, 4.69) is 51.3 Å². The molecule has 0 aromatic heterocycles. The molecule has 1 amide bonds. The van der Waals surface area contributed by atoms with E-state index in [1.165, 1.54) is 0 Å². The Labute approximate surface area is 178 Å². The van der Waals surface area contributed by atoms with Crippen molar-refractivity contribution in [2.24, 2.45) is 0 Å². The average molecular weight is 421 g/mol. The van der Waals surface area contributed by atoms with Crippen molar-refractivity contribution in [1.82, 2.24) is 10.2 Å². The molecule has 1 aliphatic rings. The molecule has 1 N–H and O–H groups in total. The molecular weight excluding hydrogens is 380 g/mol. The van der Waals surface area contributed by atoms with Crippen LogP contribution in [0, 0.1) is 0 Å². The van der Waals surface area contributed by atoms with Gasteiger partial charge in [-0.2, -0.15) is 0 Å². The van der Waals surface area contributed by atoms with Gasteiger partial charge >= 0.3 is 6.09 Å². The van der Waals surface area contributed by atoms with Gasteiger partial charge in [-0.05, 0) is 57.4 Å². The number of carbonyl (C=O) groups excluding carboxylic acids is 1. The summed E-state index contributed by atoms with van der Waals surface area (Å²) in [5.41, 5.74) is 0.143. The summed E-state index contributed by atoms with van der Waals surface area (Å²) in [6.45, 7) is 19.6. The maximum atomic E-state index is 13.3. The van der Waals surface area contributed by atoms with Crippen molar-refractivity contribution in [3.8, 4) is 0 Å². The molecule has 1 atom stereocenters. The van der Waals surface area contributed by atoms with E-state index in [9.17, 15) is 4.79 Å². The molecule has 164 valence electrons. The van der Waals surface area contributed by atoms with Crippen LogP contribution in [0.2, 0.25) is 18.1 Å². The molecule has 1 fully saturated rings. The molecule has 0 bridgehead atoms. The van der Waals surface area contributed by atoms with Crippen LogP contribution in [0.3, 0.4) is 0 Å². The minimum Gasteiger partial charge on any atom is -0.444 e. The highest BCUT2D eigenvalue weighted by Gasteiger charge is 2.47. The highest BCUT2D eigenvalue weighted by molar-refractivity contribution is 6.74. The van der Waals surface area contributed by atoms with Crippen molar-refractivity contribution in [3.05, 3.63) is 35.9 Å². The van der Waals surface area contributed by atoms with E-state index in [0.717, 1.165) is 18.5 Å². The first-order chi connectivity index (χ1) is 13.3. The highest BCUT2D eigenvalue weighted by atomic mass is 28.4. The summed E-state index contributed by atoms with van der Waals surface area (Å²) in [4.78, 5) is 15.2. The van der Waals surface area contributed by atoms with Crippen LogP contribution in [0.4, 0.5) is 4.79 Å². The fraction of sp³-hybridized carbons (Fsp3) is 0.696. The lowest BCUT2D eigenvalue weighted by Gasteiger charge is -2.44. The van der Waals surface area contributed by atoms with Crippen molar-refractivity contribution in [1.29, 1.82) is 0 Å². The molecule has 1 saturated heterocycles. The van der Waals surface area contributed by atoms with Gasteiger partial charge in [-0.15, -0.1) is 0 Å². The lowest BCUT2D eigenvalue weighted by atomic mass is 9.96. The Morgan fingerprint density at radius 2 is 1.76 bits per heavy atom. The summed E-state index contributed by atoms with van der Waals surface area (Å²) < 4.78 is 12.5. The van der Waals surface area contributed by atoms with Crippen LogP contribution in [-0.2, 0) is 15.7 Å². The summed E-state index contributed by atoms with van der Waals surface area (Å²) in [6.07, 6.45) is 0.581. The maximum Gasteiger partial charge on any atom is 0.411 e. The fourth-order valence-corrected chi connectivity index (χ4v) is 4.26. The second-order valence-corrected chi connectivity index (χ2v) is 15.6. The van der Waals surface area contributed by atoms with E-state index >= 15 is 0 Å². The number of hydrogen-bond acceptors (Lipinski definition) is 4. The summed E-state index contributed by atoms with van der Waals surface area (Å²) in [5, 5.41) is 3.58. The monoisotopic (exact) mass is 420 g/mol. The molecule has 1 aliphatic heterocycles. The van der Waals surface area contributed by atoms with Gasteiger partial charge in [-0.25, -0.2) is 4.79 Å². The van der Waals surface area contributed by atoms with E-state index in [-0.39, 0.29) is 11.1 Å². The van der Waals surface area contributed by atoms with Crippen LogP contribution < -0.4 is 5.32 Å². The first-order valence-corrected chi connectivity index (χ1v) is 13.6. The minimum atomic E-state index is -1.95. The van der Waals surface area contributed by atoms with Crippen LogP contribution >= 0.6 is 0 Å². The second kappa shape index (κ2) is 8.78. The molecule has 2 rings (SSSR count). The first-order valence-electron chi connectivity index (χ1n) is 10.7. The van der Waals surface area contributed by atoms with Gasteiger partial charge in [0, 0.05) is 13.1 Å². The Morgan fingerprint density at radius 1 is 1.14 bits per heavy atom. The summed E-state index contributed by atoms with van der Waals surface area (Å²) in [7, 11) is -1.95. The number of hydrogen-bond donors (Lipinski definition) is 1. The van der Waals surface area contributed by atoms with Crippen molar-refractivity contribution < 1.29 is 14.0 Å². The fourth-order valence-electron chi connectivity index (χ4n) is 3.20. The normalized spacial score (nSPS) is 20.6. The number of ether oxygens (including phenoxy) is 1. The predicted octanol–water partition coefficient (Wildman–Crippen LogP) is 5.18. The number of benzene rings is 1. The van der Waals surface area contributed by atoms with Gasteiger partial charge in [0.1, 0.15) is 5.60 Å². The summed E-state index contributed by atoms with van der Waals surface area (Å²) >= 11 is 0. The predicted molar refractivity (Wildman–Crippen MR) is 122 cm³/mol. The van der Waals surface area contributed by atoms with Crippen molar-refractivity contribution in [3.63, 3.8) is 0 Å². The first kappa shape index (κ1) is 23.9. The lowest BCUT2D eigenvalue weighted by Crippen LogP contribution is -2.58. The zero-order chi connectivity index (χ0) is 21.9. The highest BCUT2D eigenvalue weighted by Crippen LogP contribution is 2.38. The molecule has 1 unspecified atom stereocenters. The lowest BCUT2D eigenvalue weighted by molar-refractivity contribution is -0.0154. The Balaban J connectivity index is 2.33. The number of amides is 1. The quantitative estimate of drug-likeness (QED) is 0.645. The maximum absolute atomic E-state index is 13.3. The number of rotatable bonds is 6. The number of nitrogens with zero attached hydrogens (tertiary/aromatic N) is 1. The van der Waals surface area contributed by atoms with E-state index < -0.39 is 19.5 Å². The summed E-state index contributed by atoms with van der Waals surface area (Å²) in [5.74, 6) is 0. The van der Waals surface area contributed by atoms with Gasteiger partial charge in [0.2, 0.25) is 0 Å². The van der Waals surface area contributed by atoms with Gasteiger partial charge < -0.3 is 14.5 Å². The molecule has 0 spiro atoms. The van der Waals surface area contributed by atoms with E-state index in [0.29, 0.717) is 19.7 Å². The van der Waals surface area contributed by atoms with Crippen LogP contribution in [-0.4, -0.2) is 50.1 Å². The average Bonchev–Trinajstić information content (AvgIpc) is 3.06. The molecule has 1 aromatic rings. The SMILES string of the molecule is CC(C)(C)OC(=O)N(Cc1ccccc1)C1(CO[Si](C)(C)C(C)(C)C)CCNC1. The van der Waals surface area contributed by atoms with Gasteiger partial charge in [0.05, 0.1) is 12.1 Å². The molecular formula is C23H40N2O3Si. The molecule has 0 aliphatic carbocycles. The topological polar surface area (TPSA) is 50.8 Å². The Hall–Kier alpha value is -1.37. The van der Waals surface area contributed by atoms with Crippen LogP contribution in [0.15, 0.2) is 30.3 Å². The van der Waals surface area contributed by atoms with Crippen LogP contribution in [0.1, 0.15) is 53.5 Å². The van der Waals surface area contributed by atoms with Crippen molar-refractivity contribution in [2.45, 2.75) is 83.8 Å². The van der Waals surface area contributed by atoms with Gasteiger partial charge in [-0.1, -0.05) is 51.1 Å². The largest absolute Gasteiger partial charge is 0.444 e. The Bertz CT molecular complexity index is 672. The third-order valence-corrected chi connectivity index (χ3v) is 10.6. The Morgan fingerprint density at radius 3 is 2.24 bits per heavy atom. The zero-order valence-corrected chi connectivity index (χ0v) is 20.6. The molecule has 0 saturated carbocycles. The number of carbonyl (C=O) groups is 1. The van der Waals surface area contributed by atoms with E-state index in [1.807, 2.05) is 43.9 Å².